The molecule has 96 valence electrons. The fourth-order valence-electron chi connectivity index (χ4n) is 1.26. The van der Waals surface area contributed by atoms with E-state index in [0.29, 0.717) is 10.6 Å². The lowest BCUT2D eigenvalue weighted by molar-refractivity contribution is -0.126. The Morgan fingerprint density at radius 3 is 2.53 bits per heavy atom. The van der Waals surface area contributed by atoms with Crippen LogP contribution in [0.25, 0.3) is 0 Å². The predicted molar refractivity (Wildman–Crippen MR) is 58.8 cm³/mol. The van der Waals surface area contributed by atoms with Crippen molar-refractivity contribution in [2.45, 2.75) is 25.3 Å². The maximum atomic E-state index is 12.7. The second kappa shape index (κ2) is 5.69. The van der Waals surface area contributed by atoms with Crippen molar-refractivity contribution in [1.29, 1.82) is 0 Å². The zero-order valence-corrected chi connectivity index (χ0v) is 9.82. The van der Waals surface area contributed by atoms with E-state index in [1.54, 1.807) is 31.2 Å². The monoisotopic (exact) mass is 269 g/mol. The first-order valence-corrected chi connectivity index (χ1v) is 5.35. The molecule has 0 aliphatic rings. The summed E-state index contributed by atoms with van der Waals surface area (Å²) in [6.07, 6.45) is -3.67. The minimum absolute atomic E-state index is 0.469. The molecule has 0 heterocycles. The van der Waals surface area contributed by atoms with Crippen LogP contribution in [0, 0.1) is 0 Å². The van der Waals surface area contributed by atoms with Gasteiger partial charge in [0.2, 0.25) is 0 Å². The topological polar surface area (TPSA) is 12.0 Å². The number of benzene rings is 1. The average molecular weight is 270 g/mol. The van der Waals surface area contributed by atoms with Gasteiger partial charge in [-0.15, -0.1) is 0 Å². The molecule has 0 amide bonds. The summed E-state index contributed by atoms with van der Waals surface area (Å²) in [7, 11) is 0. The van der Waals surface area contributed by atoms with Gasteiger partial charge in [0, 0.05) is 11.1 Å². The van der Waals surface area contributed by atoms with Crippen molar-refractivity contribution in [3.63, 3.8) is 0 Å². The van der Waals surface area contributed by atoms with Crippen molar-refractivity contribution >= 4 is 11.6 Å². The molecule has 1 rings (SSSR count). The maximum absolute atomic E-state index is 12.7. The summed E-state index contributed by atoms with van der Waals surface area (Å²) in [5.41, 5.74) is 0.669. The molecule has 0 spiro atoms. The molecule has 0 aliphatic heterocycles. The van der Waals surface area contributed by atoms with E-state index >= 15 is 0 Å². The minimum Gasteiger partial charge on any atom is -0.304 e. The van der Waals surface area contributed by atoms with Crippen LogP contribution in [0.1, 0.15) is 18.5 Å². The quantitative estimate of drug-likeness (QED) is 0.800. The van der Waals surface area contributed by atoms with E-state index in [0.717, 1.165) is 0 Å². The molecule has 0 aromatic heterocycles. The van der Waals surface area contributed by atoms with E-state index in [1.807, 2.05) is 0 Å². The van der Waals surface area contributed by atoms with Crippen LogP contribution in [0.2, 0.25) is 5.02 Å². The summed E-state index contributed by atoms with van der Waals surface area (Å²) in [6, 6.07) is 6.12. The number of rotatable bonds is 5. The fourth-order valence-corrected chi connectivity index (χ4v) is 1.46. The number of halogens is 5. The fraction of sp³-hybridized carbons (Fsp3) is 0.455. The largest absolute Gasteiger partial charge is 0.319 e. The molecule has 1 unspecified atom stereocenters. The zero-order chi connectivity index (χ0) is 13.1. The summed E-state index contributed by atoms with van der Waals surface area (Å²) in [6.45, 7) is 0.533. The molecule has 17 heavy (non-hydrogen) atoms. The van der Waals surface area contributed by atoms with Crippen LogP contribution in [-0.2, 0) is 0 Å². The Labute approximate surface area is 102 Å². The van der Waals surface area contributed by atoms with E-state index in [1.165, 1.54) is 0 Å². The van der Waals surface area contributed by atoms with Gasteiger partial charge in [-0.25, -0.2) is 8.78 Å². The molecule has 1 nitrogen and oxygen atoms in total. The lowest BCUT2D eigenvalue weighted by atomic mass is 10.1. The lowest BCUT2D eigenvalue weighted by Gasteiger charge is -2.20. The van der Waals surface area contributed by atoms with Crippen LogP contribution < -0.4 is 5.32 Å². The van der Waals surface area contributed by atoms with Crippen molar-refractivity contribution in [2.75, 3.05) is 6.54 Å². The highest BCUT2D eigenvalue weighted by molar-refractivity contribution is 6.30. The molecule has 1 atom stereocenters. The van der Waals surface area contributed by atoms with E-state index in [4.69, 9.17) is 11.6 Å². The average Bonchev–Trinajstić information content (AvgIpc) is 2.25. The molecule has 0 saturated carbocycles. The molecule has 6 heteroatoms. The Morgan fingerprint density at radius 2 is 2.00 bits per heavy atom. The van der Waals surface area contributed by atoms with E-state index in [2.05, 4.69) is 5.32 Å². The number of hydrogen-bond donors (Lipinski definition) is 1. The second-order valence-corrected chi connectivity index (χ2v) is 4.16. The highest BCUT2D eigenvalue weighted by Crippen LogP contribution is 2.23. The Bertz CT molecular complexity index is 370. The SMILES string of the molecule is CC(NCC(F)(F)C(F)F)c1cccc(Cl)c1. The normalized spacial score (nSPS) is 14.1. The molecule has 1 aromatic rings. The van der Waals surface area contributed by atoms with Gasteiger partial charge in [-0.2, -0.15) is 8.78 Å². The third kappa shape index (κ3) is 4.16. The van der Waals surface area contributed by atoms with Crippen LogP contribution in [0.5, 0.6) is 0 Å². The van der Waals surface area contributed by atoms with Gasteiger partial charge >= 0.3 is 12.3 Å². The molecule has 1 aromatic carbocycles. The highest BCUT2D eigenvalue weighted by Gasteiger charge is 2.40. The summed E-state index contributed by atoms with van der Waals surface area (Å²) in [5, 5.41) is 2.83. The maximum Gasteiger partial charge on any atom is 0.319 e. The Hall–Kier alpha value is -0.810. The third-order valence-electron chi connectivity index (χ3n) is 2.31. The van der Waals surface area contributed by atoms with Gasteiger partial charge < -0.3 is 5.32 Å². The number of alkyl halides is 4. The summed E-state index contributed by atoms with van der Waals surface area (Å²) >= 11 is 5.73. The minimum atomic E-state index is -4.02. The molecule has 0 radical (unpaired) electrons. The lowest BCUT2D eigenvalue weighted by Crippen LogP contribution is -2.39. The van der Waals surface area contributed by atoms with E-state index in [-0.39, 0.29) is 0 Å². The Morgan fingerprint density at radius 1 is 1.35 bits per heavy atom. The van der Waals surface area contributed by atoms with Gasteiger partial charge in [0.1, 0.15) is 0 Å². The van der Waals surface area contributed by atoms with Crippen molar-refractivity contribution < 1.29 is 17.6 Å². The first-order chi connectivity index (χ1) is 7.83. The summed E-state index contributed by atoms with van der Waals surface area (Å²) in [5.74, 6) is -4.02. The van der Waals surface area contributed by atoms with Gasteiger partial charge in [0.05, 0.1) is 6.54 Å². The Balaban J connectivity index is 2.59. The van der Waals surface area contributed by atoms with Gasteiger partial charge in [-0.05, 0) is 24.6 Å². The van der Waals surface area contributed by atoms with Crippen LogP contribution in [-0.4, -0.2) is 18.9 Å². The summed E-state index contributed by atoms with van der Waals surface area (Å²) in [4.78, 5) is 0. The standard InChI is InChI=1S/C11H12ClF4N/c1-7(8-3-2-4-9(12)5-8)17-6-11(15,16)10(13)14/h2-5,7,10,17H,6H2,1H3. The van der Waals surface area contributed by atoms with Crippen LogP contribution in [0.3, 0.4) is 0 Å². The van der Waals surface area contributed by atoms with Gasteiger partial charge in [-0.1, -0.05) is 23.7 Å². The predicted octanol–water partition coefficient (Wildman–Crippen LogP) is 3.89. The van der Waals surface area contributed by atoms with Crippen molar-refractivity contribution in [1.82, 2.24) is 5.32 Å². The molecular formula is C11H12ClF4N. The highest BCUT2D eigenvalue weighted by atomic mass is 35.5. The smallest absolute Gasteiger partial charge is 0.304 e. The molecule has 0 bridgehead atoms. The first-order valence-electron chi connectivity index (χ1n) is 4.98. The van der Waals surface area contributed by atoms with Gasteiger partial charge in [0.25, 0.3) is 0 Å². The molecular weight excluding hydrogens is 258 g/mol. The van der Waals surface area contributed by atoms with Crippen LogP contribution in [0.4, 0.5) is 17.6 Å². The first kappa shape index (κ1) is 14.3. The molecule has 1 N–H and O–H groups in total. The van der Waals surface area contributed by atoms with Crippen LogP contribution >= 0.6 is 11.6 Å². The molecule has 0 aliphatic carbocycles. The Kier molecular flexibility index (Phi) is 4.77. The van der Waals surface area contributed by atoms with Crippen molar-refractivity contribution in [3.05, 3.63) is 34.9 Å². The third-order valence-corrected chi connectivity index (χ3v) is 2.55. The van der Waals surface area contributed by atoms with Gasteiger partial charge in [0.15, 0.2) is 0 Å². The van der Waals surface area contributed by atoms with Crippen molar-refractivity contribution in [2.24, 2.45) is 0 Å². The molecule has 0 saturated heterocycles. The number of nitrogens with one attached hydrogen (secondary N) is 1. The number of hydrogen-bond acceptors (Lipinski definition) is 1. The van der Waals surface area contributed by atoms with Gasteiger partial charge in [-0.3, -0.25) is 0 Å². The summed E-state index contributed by atoms with van der Waals surface area (Å²) < 4.78 is 49.2. The van der Waals surface area contributed by atoms with E-state index in [9.17, 15) is 17.6 Å². The zero-order valence-electron chi connectivity index (χ0n) is 9.06. The van der Waals surface area contributed by atoms with Crippen LogP contribution in [0.15, 0.2) is 24.3 Å². The second-order valence-electron chi connectivity index (χ2n) is 3.72. The molecule has 0 fully saturated rings. The van der Waals surface area contributed by atoms with E-state index < -0.39 is 24.9 Å². The van der Waals surface area contributed by atoms with Crippen molar-refractivity contribution in [3.8, 4) is 0 Å².